The Balaban J connectivity index is 2.64. The van der Waals surface area contributed by atoms with Gasteiger partial charge in [-0.05, 0) is 27.8 Å². The minimum Gasteiger partial charge on any atom is -0.464 e. The van der Waals surface area contributed by atoms with Gasteiger partial charge in [0.15, 0.2) is 6.04 Å². The van der Waals surface area contributed by atoms with E-state index in [-0.39, 0.29) is 24.6 Å². The van der Waals surface area contributed by atoms with Crippen LogP contribution in [0, 0.1) is 0 Å². The number of hydrogen-bond donors (Lipinski definition) is 1. The SMILES string of the molecule is CCOC(=O)C(N)C(=O)N1CC(C)N(C)C(C)C1. The van der Waals surface area contributed by atoms with E-state index < -0.39 is 12.0 Å². The first-order valence-electron chi connectivity index (χ1n) is 6.31. The first kappa shape index (κ1) is 14.9. The average Bonchev–Trinajstić information content (AvgIpc) is 2.33. The molecule has 104 valence electrons. The van der Waals surface area contributed by atoms with Gasteiger partial charge in [0.2, 0.25) is 0 Å². The first-order chi connectivity index (χ1) is 8.38. The van der Waals surface area contributed by atoms with Crippen molar-refractivity contribution in [3.63, 3.8) is 0 Å². The molecule has 0 aromatic heterocycles. The van der Waals surface area contributed by atoms with Crippen LogP contribution in [-0.2, 0) is 14.3 Å². The molecule has 1 rings (SSSR count). The fourth-order valence-corrected chi connectivity index (χ4v) is 2.11. The summed E-state index contributed by atoms with van der Waals surface area (Å²) < 4.78 is 4.77. The zero-order chi connectivity index (χ0) is 13.9. The van der Waals surface area contributed by atoms with Gasteiger partial charge in [0.05, 0.1) is 6.61 Å². The molecule has 6 heteroatoms. The van der Waals surface area contributed by atoms with E-state index in [1.807, 2.05) is 20.9 Å². The molecule has 3 atom stereocenters. The standard InChI is InChI=1S/C12H23N3O3/c1-5-18-12(17)10(13)11(16)15-6-8(2)14(4)9(3)7-15/h8-10H,5-7,13H2,1-4H3. The molecular formula is C12H23N3O3. The number of piperazine rings is 1. The molecule has 0 bridgehead atoms. The highest BCUT2D eigenvalue weighted by Crippen LogP contribution is 2.14. The molecule has 0 aliphatic carbocycles. The van der Waals surface area contributed by atoms with E-state index in [0.717, 1.165) is 0 Å². The van der Waals surface area contributed by atoms with Gasteiger partial charge in [0.25, 0.3) is 5.91 Å². The summed E-state index contributed by atoms with van der Waals surface area (Å²) in [7, 11) is 2.03. The van der Waals surface area contributed by atoms with Gasteiger partial charge in [-0.2, -0.15) is 0 Å². The van der Waals surface area contributed by atoms with E-state index in [9.17, 15) is 9.59 Å². The molecule has 1 fully saturated rings. The lowest BCUT2D eigenvalue weighted by Crippen LogP contribution is -2.60. The topological polar surface area (TPSA) is 75.9 Å². The Morgan fingerprint density at radius 3 is 2.28 bits per heavy atom. The summed E-state index contributed by atoms with van der Waals surface area (Å²) in [5, 5.41) is 0. The molecule has 1 amide bonds. The molecule has 6 nitrogen and oxygen atoms in total. The minimum absolute atomic E-state index is 0.232. The summed E-state index contributed by atoms with van der Waals surface area (Å²) in [5.74, 6) is -0.998. The average molecular weight is 257 g/mol. The first-order valence-corrected chi connectivity index (χ1v) is 6.31. The van der Waals surface area contributed by atoms with Crippen molar-refractivity contribution < 1.29 is 14.3 Å². The number of ether oxygens (including phenoxy) is 1. The van der Waals surface area contributed by atoms with Crippen LogP contribution >= 0.6 is 0 Å². The highest BCUT2D eigenvalue weighted by Gasteiger charge is 2.34. The van der Waals surface area contributed by atoms with Crippen LogP contribution in [0.2, 0.25) is 0 Å². The van der Waals surface area contributed by atoms with Crippen molar-refractivity contribution in [3.05, 3.63) is 0 Å². The monoisotopic (exact) mass is 257 g/mol. The summed E-state index contributed by atoms with van der Waals surface area (Å²) >= 11 is 0. The second kappa shape index (κ2) is 6.15. The predicted molar refractivity (Wildman–Crippen MR) is 67.9 cm³/mol. The third-order valence-electron chi connectivity index (χ3n) is 3.48. The second-order valence-corrected chi connectivity index (χ2v) is 4.84. The Labute approximate surface area is 108 Å². The number of hydrogen-bond acceptors (Lipinski definition) is 5. The summed E-state index contributed by atoms with van der Waals surface area (Å²) in [6.07, 6.45) is 0. The van der Waals surface area contributed by atoms with Crippen LogP contribution in [0.1, 0.15) is 20.8 Å². The van der Waals surface area contributed by atoms with Gasteiger partial charge in [-0.3, -0.25) is 9.69 Å². The number of nitrogens with two attached hydrogens (primary N) is 1. The molecule has 1 aliphatic heterocycles. The molecule has 1 aliphatic rings. The van der Waals surface area contributed by atoms with E-state index in [4.69, 9.17) is 10.5 Å². The Bertz CT molecular complexity index is 310. The maximum Gasteiger partial charge on any atom is 0.332 e. The summed E-state index contributed by atoms with van der Waals surface area (Å²) in [6, 6.07) is -0.688. The van der Waals surface area contributed by atoms with E-state index in [2.05, 4.69) is 4.90 Å². The second-order valence-electron chi connectivity index (χ2n) is 4.84. The van der Waals surface area contributed by atoms with Crippen LogP contribution in [0.25, 0.3) is 0 Å². The summed E-state index contributed by atoms with van der Waals surface area (Å²) in [5.41, 5.74) is 5.62. The minimum atomic E-state index is -1.20. The lowest BCUT2D eigenvalue weighted by molar-refractivity contribution is -0.152. The lowest BCUT2D eigenvalue weighted by atomic mass is 10.1. The van der Waals surface area contributed by atoms with Crippen molar-refractivity contribution >= 4 is 11.9 Å². The Morgan fingerprint density at radius 2 is 1.83 bits per heavy atom. The number of rotatable bonds is 3. The Kier molecular flexibility index (Phi) is 5.10. The zero-order valence-electron chi connectivity index (χ0n) is 11.5. The van der Waals surface area contributed by atoms with Crippen molar-refractivity contribution in [3.8, 4) is 0 Å². The largest absolute Gasteiger partial charge is 0.464 e. The summed E-state index contributed by atoms with van der Waals surface area (Å²) in [6.45, 7) is 7.20. The Morgan fingerprint density at radius 1 is 1.33 bits per heavy atom. The van der Waals surface area contributed by atoms with Crippen molar-refractivity contribution in [1.29, 1.82) is 0 Å². The van der Waals surface area contributed by atoms with Gasteiger partial charge in [0.1, 0.15) is 0 Å². The molecule has 1 heterocycles. The molecule has 0 spiro atoms. The zero-order valence-corrected chi connectivity index (χ0v) is 11.5. The number of esters is 1. The number of likely N-dealkylation sites (N-methyl/N-ethyl adjacent to an activating group) is 1. The van der Waals surface area contributed by atoms with Crippen LogP contribution in [-0.4, -0.2) is 66.5 Å². The van der Waals surface area contributed by atoms with E-state index >= 15 is 0 Å². The van der Waals surface area contributed by atoms with Gasteiger partial charge >= 0.3 is 5.97 Å². The van der Waals surface area contributed by atoms with E-state index in [1.165, 1.54) is 0 Å². The molecule has 0 aromatic carbocycles. The molecular weight excluding hydrogens is 234 g/mol. The number of amides is 1. The molecule has 2 N–H and O–H groups in total. The fourth-order valence-electron chi connectivity index (χ4n) is 2.11. The van der Waals surface area contributed by atoms with Crippen LogP contribution in [0.5, 0.6) is 0 Å². The van der Waals surface area contributed by atoms with Crippen molar-refractivity contribution in [2.45, 2.75) is 38.9 Å². The van der Waals surface area contributed by atoms with Crippen molar-refractivity contribution in [2.24, 2.45) is 5.73 Å². The van der Waals surface area contributed by atoms with Crippen LogP contribution < -0.4 is 5.73 Å². The third-order valence-corrected chi connectivity index (χ3v) is 3.48. The predicted octanol–water partition coefficient (Wildman–Crippen LogP) is -0.572. The van der Waals surface area contributed by atoms with Crippen LogP contribution in [0.4, 0.5) is 0 Å². The van der Waals surface area contributed by atoms with Gasteiger partial charge < -0.3 is 15.4 Å². The van der Waals surface area contributed by atoms with Crippen LogP contribution in [0.3, 0.4) is 0 Å². The molecule has 1 saturated heterocycles. The highest BCUT2D eigenvalue weighted by atomic mass is 16.5. The number of carbonyl (C=O) groups is 2. The van der Waals surface area contributed by atoms with Gasteiger partial charge in [-0.25, -0.2) is 4.79 Å². The lowest BCUT2D eigenvalue weighted by Gasteiger charge is -2.42. The molecule has 0 saturated carbocycles. The van der Waals surface area contributed by atoms with E-state index in [0.29, 0.717) is 13.1 Å². The van der Waals surface area contributed by atoms with Crippen molar-refractivity contribution in [2.75, 3.05) is 26.7 Å². The maximum absolute atomic E-state index is 12.1. The quantitative estimate of drug-likeness (QED) is 0.541. The number of carbonyl (C=O) groups excluding carboxylic acids is 2. The Hall–Kier alpha value is -1.14. The van der Waals surface area contributed by atoms with Gasteiger partial charge in [-0.1, -0.05) is 0 Å². The number of nitrogens with zero attached hydrogens (tertiary/aromatic N) is 2. The fraction of sp³-hybridized carbons (Fsp3) is 0.833. The maximum atomic E-state index is 12.1. The molecule has 0 aromatic rings. The van der Waals surface area contributed by atoms with Crippen molar-refractivity contribution in [1.82, 2.24) is 9.80 Å². The molecule has 0 radical (unpaired) electrons. The van der Waals surface area contributed by atoms with Crippen LogP contribution in [0.15, 0.2) is 0 Å². The highest BCUT2D eigenvalue weighted by molar-refractivity contribution is 6.01. The summed E-state index contributed by atoms with van der Waals surface area (Å²) in [4.78, 5) is 27.4. The van der Waals surface area contributed by atoms with Gasteiger partial charge in [-0.15, -0.1) is 0 Å². The van der Waals surface area contributed by atoms with E-state index in [1.54, 1.807) is 11.8 Å². The molecule has 18 heavy (non-hydrogen) atoms. The van der Waals surface area contributed by atoms with Gasteiger partial charge in [0, 0.05) is 25.2 Å². The third kappa shape index (κ3) is 3.20. The smallest absolute Gasteiger partial charge is 0.332 e. The normalized spacial score (nSPS) is 26.8. The molecule has 3 unspecified atom stereocenters.